The van der Waals surface area contributed by atoms with Crippen LogP contribution in [0.15, 0.2) is 73.1 Å². The van der Waals surface area contributed by atoms with Crippen molar-refractivity contribution in [1.82, 2.24) is 35.1 Å². The molecule has 0 saturated carbocycles. The van der Waals surface area contributed by atoms with Crippen molar-refractivity contribution >= 4 is 29.2 Å². The second-order valence-electron chi connectivity index (χ2n) is 14.3. The fourth-order valence-electron chi connectivity index (χ4n) is 6.46. The number of rotatable bonds is 12. The molecule has 276 valence electrons. The van der Waals surface area contributed by atoms with Crippen molar-refractivity contribution in [3.63, 3.8) is 0 Å². The molecule has 0 radical (unpaired) electrons. The average molecular weight is 719 g/mol. The largest absolute Gasteiger partial charge is 0.444 e. The summed E-state index contributed by atoms with van der Waals surface area (Å²) in [4.78, 5) is 44.2. The second-order valence-corrected chi connectivity index (χ2v) is 14.3. The highest BCUT2D eigenvalue weighted by Gasteiger charge is 2.29. The molecular formula is C40H46N8O5. The number of pyridine rings is 2. The fourth-order valence-corrected chi connectivity index (χ4v) is 6.46. The molecule has 3 amide bonds. The first-order valence-electron chi connectivity index (χ1n) is 17.8. The molecule has 4 heterocycles. The second kappa shape index (κ2) is 15.9. The molecule has 13 nitrogen and oxygen atoms in total. The lowest BCUT2D eigenvalue weighted by atomic mass is 9.90. The summed E-state index contributed by atoms with van der Waals surface area (Å²) in [6.45, 7) is 11.1. The van der Waals surface area contributed by atoms with E-state index < -0.39 is 11.7 Å². The Balaban J connectivity index is 1.21. The molecule has 1 saturated heterocycles. The molecule has 1 aliphatic rings. The Morgan fingerprint density at radius 3 is 2.47 bits per heavy atom. The molecule has 3 aromatic heterocycles. The molecule has 13 heteroatoms. The fraction of sp³-hybridized carbons (Fsp3) is 0.350. The first kappa shape index (κ1) is 37.1. The van der Waals surface area contributed by atoms with E-state index >= 15 is 0 Å². The standard InChI is InChI=1S/C40H46N8O5/c1-25-30(8-6-9-31(25)32-10-7-11-33(26(32)2)44-38(51)34-14-12-27(22-42-34)21-41-17-19-49)28-16-18-48-35(20-28)45-46-36(48)24-47(39(52)53-40(3,4)5)23-29-13-15-37(50)43-29/h6-12,14,16,18,20,22,29,41,49H,13,15,17,19,21,23-24H2,1-5H3,(H,43,50)(H,44,51)/t29-/m0/s1. The van der Waals surface area contributed by atoms with E-state index in [0.29, 0.717) is 55.3 Å². The summed E-state index contributed by atoms with van der Waals surface area (Å²) in [7, 11) is 0. The Morgan fingerprint density at radius 2 is 1.77 bits per heavy atom. The minimum atomic E-state index is -0.680. The molecule has 1 fully saturated rings. The molecule has 1 aliphatic heterocycles. The van der Waals surface area contributed by atoms with Gasteiger partial charge in [0.15, 0.2) is 11.5 Å². The minimum Gasteiger partial charge on any atom is -0.444 e. The zero-order chi connectivity index (χ0) is 37.7. The van der Waals surface area contributed by atoms with E-state index in [9.17, 15) is 14.4 Å². The summed E-state index contributed by atoms with van der Waals surface area (Å²) in [5.41, 5.74) is 7.86. The number of aliphatic hydroxyl groups excluding tert-OH is 1. The first-order chi connectivity index (χ1) is 25.4. The van der Waals surface area contributed by atoms with Gasteiger partial charge in [-0.3, -0.25) is 23.9 Å². The summed E-state index contributed by atoms with van der Waals surface area (Å²) in [5.74, 6) is 0.252. The van der Waals surface area contributed by atoms with Crippen LogP contribution in [0.1, 0.15) is 66.6 Å². The molecule has 5 aromatic rings. The molecule has 2 aromatic carbocycles. The molecular weight excluding hydrogens is 672 g/mol. The number of carbonyl (C=O) groups excluding carboxylic acids is 3. The van der Waals surface area contributed by atoms with Crippen molar-refractivity contribution < 1.29 is 24.2 Å². The number of hydrogen-bond acceptors (Lipinski definition) is 9. The lowest BCUT2D eigenvalue weighted by molar-refractivity contribution is -0.119. The Bertz CT molecular complexity index is 2120. The number of fused-ring (bicyclic) bond motifs is 1. The summed E-state index contributed by atoms with van der Waals surface area (Å²) >= 11 is 0. The zero-order valence-corrected chi connectivity index (χ0v) is 30.8. The predicted octanol–water partition coefficient (Wildman–Crippen LogP) is 5.43. The SMILES string of the molecule is Cc1c(NC(=O)c2ccc(CNCCO)cn2)cccc1-c1cccc(-c2ccn3c(CN(C[C@@H]4CCC(=O)N4)C(=O)OC(C)(C)C)nnc3c2)c1C. The minimum absolute atomic E-state index is 0.0201. The summed E-state index contributed by atoms with van der Waals surface area (Å²) in [5, 5.41) is 26.9. The first-order valence-corrected chi connectivity index (χ1v) is 17.8. The number of nitrogens with one attached hydrogen (secondary N) is 3. The number of aromatic nitrogens is 4. The van der Waals surface area contributed by atoms with Crippen LogP contribution >= 0.6 is 0 Å². The van der Waals surface area contributed by atoms with Crippen LogP contribution in [0.2, 0.25) is 0 Å². The van der Waals surface area contributed by atoms with Crippen molar-refractivity contribution in [3.8, 4) is 22.3 Å². The van der Waals surface area contributed by atoms with Gasteiger partial charge in [-0.05, 0) is 104 Å². The highest BCUT2D eigenvalue weighted by atomic mass is 16.6. The van der Waals surface area contributed by atoms with Crippen LogP contribution in [0, 0.1) is 13.8 Å². The van der Waals surface area contributed by atoms with Crippen molar-refractivity contribution in [3.05, 3.63) is 101 Å². The lowest BCUT2D eigenvalue weighted by Gasteiger charge is -2.28. The third-order valence-corrected chi connectivity index (χ3v) is 9.18. The molecule has 6 rings (SSSR count). The zero-order valence-electron chi connectivity index (χ0n) is 30.8. The maximum Gasteiger partial charge on any atom is 0.410 e. The van der Waals surface area contributed by atoms with Gasteiger partial charge in [0.25, 0.3) is 5.91 Å². The van der Waals surface area contributed by atoms with Crippen molar-refractivity contribution in [2.24, 2.45) is 0 Å². The number of aliphatic hydroxyl groups is 1. The molecule has 0 unspecified atom stereocenters. The van der Waals surface area contributed by atoms with E-state index in [1.807, 2.05) is 80.8 Å². The summed E-state index contributed by atoms with van der Waals surface area (Å²) < 4.78 is 7.55. The van der Waals surface area contributed by atoms with Gasteiger partial charge >= 0.3 is 6.09 Å². The number of anilines is 1. The van der Waals surface area contributed by atoms with Gasteiger partial charge in [-0.1, -0.05) is 36.4 Å². The number of ether oxygens (including phenoxy) is 1. The molecule has 4 N–H and O–H groups in total. The van der Waals surface area contributed by atoms with E-state index in [1.165, 1.54) is 0 Å². The van der Waals surface area contributed by atoms with E-state index in [0.717, 1.165) is 38.9 Å². The maximum atomic E-state index is 13.2. The molecule has 53 heavy (non-hydrogen) atoms. The van der Waals surface area contributed by atoms with Crippen LogP contribution in [0.3, 0.4) is 0 Å². The van der Waals surface area contributed by atoms with Gasteiger partial charge in [0, 0.05) is 50.2 Å². The number of carbonyl (C=O) groups is 3. The average Bonchev–Trinajstić information content (AvgIpc) is 3.73. The maximum absolute atomic E-state index is 13.2. The Kier molecular flexibility index (Phi) is 11.2. The van der Waals surface area contributed by atoms with Gasteiger partial charge in [-0.25, -0.2) is 4.79 Å². The molecule has 0 aliphatic carbocycles. The molecule has 1 atom stereocenters. The van der Waals surface area contributed by atoms with Crippen molar-refractivity contribution in [1.29, 1.82) is 0 Å². The molecule has 0 spiro atoms. The smallest absolute Gasteiger partial charge is 0.410 e. The number of benzene rings is 2. The van der Waals surface area contributed by atoms with Gasteiger partial charge in [0.2, 0.25) is 5.91 Å². The predicted molar refractivity (Wildman–Crippen MR) is 202 cm³/mol. The van der Waals surface area contributed by atoms with Gasteiger partial charge in [-0.2, -0.15) is 0 Å². The monoisotopic (exact) mass is 718 g/mol. The highest BCUT2D eigenvalue weighted by Crippen LogP contribution is 2.36. The Morgan fingerprint density at radius 1 is 1.02 bits per heavy atom. The lowest BCUT2D eigenvalue weighted by Crippen LogP contribution is -2.44. The summed E-state index contributed by atoms with van der Waals surface area (Å²) in [6, 6.07) is 19.4. The number of nitrogens with zero attached hydrogens (tertiary/aromatic N) is 5. The van der Waals surface area contributed by atoms with Gasteiger partial charge in [0.1, 0.15) is 11.3 Å². The third kappa shape index (κ3) is 8.87. The van der Waals surface area contributed by atoms with E-state index in [4.69, 9.17) is 9.84 Å². The number of amides is 3. The van der Waals surface area contributed by atoms with E-state index in [1.54, 1.807) is 17.2 Å². The van der Waals surface area contributed by atoms with Crippen LogP contribution in [0.4, 0.5) is 10.5 Å². The quantitative estimate of drug-likeness (QED) is 0.123. The van der Waals surface area contributed by atoms with Crippen LogP contribution < -0.4 is 16.0 Å². The van der Waals surface area contributed by atoms with Gasteiger partial charge < -0.3 is 25.8 Å². The van der Waals surface area contributed by atoms with Gasteiger partial charge in [0.05, 0.1) is 13.2 Å². The van der Waals surface area contributed by atoms with E-state index in [2.05, 4.69) is 50.2 Å². The topological polar surface area (TPSA) is 163 Å². The van der Waals surface area contributed by atoms with Gasteiger partial charge in [-0.15, -0.1) is 10.2 Å². The Hall–Kier alpha value is -5.66. The van der Waals surface area contributed by atoms with Crippen LogP contribution in [0.5, 0.6) is 0 Å². The van der Waals surface area contributed by atoms with E-state index in [-0.39, 0.29) is 31.0 Å². The van der Waals surface area contributed by atoms with Crippen molar-refractivity contribution in [2.75, 3.05) is 25.0 Å². The normalized spacial score (nSPS) is 14.3. The van der Waals surface area contributed by atoms with Crippen LogP contribution in [-0.4, -0.2) is 78.8 Å². The highest BCUT2D eigenvalue weighted by molar-refractivity contribution is 6.04. The third-order valence-electron chi connectivity index (χ3n) is 9.18. The van der Waals surface area contributed by atoms with Crippen LogP contribution in [0.25, 0.3) is 27.9 Å². The Labute approximate surface area is 308 Å². The van der Waals surface area contributed by atoms with Crippen molar-refractivity contribution in [2.45, 2.75) is 72.2 Å². The van der Waals surface area contributed by atoms with Crippen LogP contribution in [-0.2, 0) is 22.6 Å². The summed E-state index contributed by atoms with van der Waals surface area (Å²) in [6.07, 6.45) is 4.17. The number of hydrogen-bond donors (Lipinski definition) is 4. The molecule has 0 bridgehead atoms.